The molecule has 0 heterocycles. The SMILES string of the molecule is CCc1cccc(CC)c1NC(=O)COc1ccc(S(=O)(=O)Nc2ccc(Cl)c(Cl)c2)cc1. The summed E-state index contributed by atoms with van der Waals surface area (Å²) in [5.74, 6) is 0.0849. The fourth-order valence-electron chi connectivity index (χ4n) is 3.22. The standard InChI is InChI=1S/C24H24Cl2N2O4S/c1-3-16-6-5-7-17(4-2)24(16)27-23(29)15-32-19-9-11-20(12-10-19)33(30,31)28-18-8-13-21(25)22(26)14-18/h5-14,28H,3-4,15H2,1-2H3,(H,27,29). The third-order valence-electron chi connectivity index (χ3n) is 4.94. The van der Waals surface area contributed by atoms with Gasteiger partial charge in [-0.15, -0.1) is 0 Å². The Balaban J connectivity index is 1.63. The van der Waals surface area contributed by atoms with Crippen molar-refractivity contribution in [3.8, 4) is 5.75 Å². The number of sulfonamides is 1. The average molecular weight is 507 g/mol. The number of hydrogen-bond acceptors (Lipinski definition) is 4. The first-order chi connectivity index (χ1) is 15.7. The quantitative estimate of drug-likeness (QED) is 0.376. The summed E-state index contributed by atoms with van der Waals surface area (Å²) in [5.41, 5.74) is 3.24. The van der Waals surface area contributed by atoms with Crippen LogP contribution in [0.1, 0.15) is 25.0 Å². The van der Waals surface area contributed by atoms with Gasteiger partial charge in [-0.2, -0.15) is 0 Å². The number of benzene rings is 3. The predicted molar refractivity (Wildman–Crippen MR) is 133 cm³/mol. The minimum atomic E-state index is -3.83. The molecule has 0 radical (unpaired) electrons. The molecule has 0 unspecified atom stereocenters. The van der Waals surface area contributed by atoms with Gasteiger partial charge in [-0.05, 0) is 66.4 Å². The Kier molecular flexibility index (Phi) is 8.24. The Bertz CT molecular complexity index is 1220. The fraction of sp³-hybridized carbons (Fsp3) is 0.208. The summed E-state index contributed by atoms with van der Waals surface area (Å²) in [6, 6.07) is 16.2. The van der Waals surface area contributed by atoms with Crippen molar-refractivity contribution in [1.29, 1.82) is 0 Å². The van der Waals surface area contributed by atoms with E-state index in [9.17, 15) is 13.2 Å². The highest BCUT2D eigenvalue weighted by Crippen LogP contribution is 2.27. The molecular formula is C24H24Cl2N2O4S. The zero-order valence-electron chi connectivity index (χ0n) is 18.2. The number of rotatable bonds is 9. The van der Waals surface area contributed by atoms with E-state index in [0.717, 1.165) is 29.7 Å². The number of carbonyl (C=O) groups excluding carboxylic acids is 1. The molecule has 2 N–H and O–H groups in total. The van der Waals surface area contributed by atoms with E-state index in [1.54, 1.807) is 0 Å². The van der Waals surface area contributed by atoms with Crippen LogP contribution in [-0.4, -0.2) is 20.9 Å². The molecule has 0 bridgehead atoms. The van der Waals surface area contributed by atoms with Crippen molar-refractivity contribution >= 4 is 50.5 Å². The van der Waals surface area contributed by atoms with Gasteiger partial charge in [0.15, 0.2) is 6.61 Å². The van der Waals surface area contributed by atoms with Gasteiger partial charge in [-0.25, -0.2) is 8.42 Å². The van der Waals surface area contributed by atoms with E-state index in [1.807, 2.05) is 32.0 Å². The number of halogens is 2. The number of carbonyl (C=O) groups is 1. The number of aryl methyl sites for hydroxylation is 2. The first-order valence-electron chi connectivity index (χ1n) is 10.3. The third-order valence-corrected chi connectivity index (χ3v) is 7.08. The molecule has 6 nitrogen and oxygen atoms in total. The van der Waals surface area contributed by atoms with Crippen molar-refractivity contribution in [2.24, 2.45) is 0 Å². The van der Waals surface area contributed by atoms with Gasteiger partial charge in [0.25, 0.3) is 15.9 Å². The van der Waals surface area contributed by atoms with E-state index >= 15 is 0 Å². The lowest BCUT2D eigenvalue weighted by Crippen LogP contribution is -2.21. The van der Waals surface area contributed by atoms with Crippen LogP contribution >= 0.6 is 23.2 Å². The number of ether oxygens (including phenoxy) is 1. The van der Waals surface area contributed by atoms with Crippen LogP contribution in [0.25, 0.3) is 0 Å². The summed E-state index contributed by atoms with van der Waals surface area (Å²) in [6.45, 7) is 3.87. The maximum Gasteiger partial charge on any atom is 0.262 e. The van der Waals surface area contributed by atoms with E-state index in [-0.39, 0.29) is 22.4 Å². The number of hydrogen-bond donors (Lipinski definition) is 2. The zero-order valence-corrected chi connectivity index (χ0v) is 20.5. The van der Waals surface area contributed by atoms with Crippen LogP contribution in [0.4, 0.5) is 11.4 Å². The van der Waals surface area contributed by atoms with E-state index in [0.29, 0.717) is 16.5 Å². The summed E-state index contributed by atoms with van der Waals surface area (Å²) >= 11 is 11.8. The Hall–Kier alpha value is -2.74. The molecule has 33 heavy (non-hydrogen) atoms. The van der Waals surface area contributed by atoms with Crippen molar-refractivity contribution < 1.29 is 17.9 Å². The van der Waals surface area contributed by atoms with E-state index in [2.05, 4.69) is 10.0 Å². The largest absolute Gasteiger partial charge is 0.484 e. The van der Waals surface area contributed by atoms with Gasteiger partial charge in [0.05, 0.1) is 20.6 Å². The van der Waals surface area contributed by atoms with Gasteiger partial charge in [0.2, 0.25) is 0 Å². The van der Waals surface area contributed by atoms with Crippen LogP contribution in [-0.2, 0) is 27.7 Å². The van der Waals surface area contributed by atoms with Crippen LogP contribution in [0.15, 0.2) is 65.6 Å². The Labute approximate surface area is 203 Å². The Morgan fingerprint density at radius 2 is 1.55 bits per heavy atom. The van der Waals surface area contributed by atoms with Gasteiger partial charge in [-0.1, -0.05) is 55.2 Å². The molecule has 0 atom stereocenters. The van der Waals surface area contributed by atoms with Crippen molar-refractivity contribution in [1.82, 2.24) is 0 Å². The van der Waals surface area contributed by atoms with Gasteiger partial charge in [0, 0.05) is 5.69 Å². The predicted octanol–water partition coefficient (Wildman–Crippen LogP) is 5.94. The molecule has 0 aliphatic heterocycles. The third kappa shape index (κ3) is 6.41. The molecule has 3 aromatic carbocycles. The van der Waals surface area contributed by atoms with Gasteiger partial charge in [0.1, 0.15) is 5.75 Å². The summed E-state index contributed by atoms with van der Waals surface area (Å²) in [4.78, 5) is 12.5. The molecule has 1 amide bonds. The Morgan fingerprint density at radius 3 is 2.12 bits per heavy atom. The monoisotopic (exact) mass is 506 g/mol. The van der Waals surface area contributed by atoms with Gasteiger partial charge in [-0.3, -0.25) is 9.52 Å². The minimum Gasteiger partial charge on any atom is -0.484 e. The maximum atomic E-state index is 12.6. The lowest BCUT2D eigenvalue weighted by Gasteiger charge is -2.15. The molecule has 174 valence electrons. The summed E-state index contributed by atoms with van der Waals surface area (Å²) in [5, 5.41) is 3.50. The molecule has 0 spiro atoms. The van der Waals surface area contributed by atoms with Crippen molar-refractivity contribution in [2.75, 3.05) is 16.6 Å². The van der Waals surface area contributed by atoms with Crippen LogP contribution in [0.2, 0.25) is 10.0 Å². The van der Waals surface area contributed by atoms with Crippen molar-refractivity contribution in [3.05, 3.63) is 81.8 Å². The van der Waals surface area contributed by atoms with Crippen LogP contribution < -0.4 is 14.8 Å². The van der Waals surface area contributed by atoms with E-state index in [1.165, 1.54) is 42.5 Å². The first-order valence-corrected chi connectivity index (χ1v) is 12.6. The van der Waals surface area contributed by atoms with E-state index < -0.39 is 10.0 Å². The summed E-state index contributed by atoms with van der Waals surface area (Å²) in [7, 11) is -3.83. The van der Waals surface area contributed by atoms with Gasteiger partial charge < -0.3 is 10.1 Å². The summed E-state index contributed by atoms with van der Waals surface area (Å²) < 4.78 is 33.2. The molecular weight excluding hydrogens is 483 g/mol. The average Bonchev–Trinajstić information content (AvgIpc) is 2.80. The Morgan fingerprint density at radius 1 is 0.909 bits per heavy atom. The molecule has 0 aromatic heterocycles. The number of amides is 1. The minimum absolute atomic E-state index is 0.0369. The molecule has 0 saturated heterocycles. The highest BCUT2D eigenvalue weighted by Gasteiger charge is 2.16. The van der Waals surface area contributed by atoms with Crippen molar-refractivity contribution in [3.63, 3.8) is 0 Å². The van der Waals surface area contributed by atoms with Crippen LogP contribution in [0.3, 0.4) is 0 Å². The highest BCUT2D eigenvalue weighted by atomic mass is 35.5. The van der Waals surface area contributed by atoms with E-state index in [4.69, 9.17) is 27.9 Å². The zero-order chi connectivity index (χ0) is 24.0. The molecule has 0 saturated carbocycles. The van der Waals surface area contributed by atoms with Crippen molar-refractivity contribution in [2.45, 2.75) is 31.6 Å². The second-order valence-electron chi connectivity index (χ2n) is 7.20. The molecule has 3 aromatic rings. The number of nitrogens with one attached hydrogen (secondary N) is 2. The molecule has 9 heteroatoms. The fourth-order valence-corrected chi connectivity index (χ4v) is 4.56. The molecule has 0 aliphatic rings. The second kappa shape index (κ2) is 10.9. The topological polar surface area (TPSA) is 84.5 Å². The maximum absolute atomic E-state index is 12.6. The first kappa shape index (κ1) is 24.9. The second-order valence-corrected chi connectivity index (χ2v) is 9.70. The highest BCUT2D eigenvalue weighted by molar-refractivity contribution is 7.92. The molecule has 3 rings (SSSR count). The summed E-state index contributed by atoms with van der Waals surface area (Å²) in [6.07, 6.45) is 1.60. The number of anilines is 2. The molecule has 0 fully saturated rings. The van der Waals surface area contributed by atoms with Crippen LogP contribution in [0.5, 0.6) is 5.75 Å². The normalized spacial score (nSPS) is 11.2. The lowest BCUT2D eigenvalue weighted by atomic mass is 10.0. The smallest absolute Gasteiger partial charge is 0.262 e. The molecule has 0 aliphatic carbocycles. The van der Waals surface area contributed by atoms with Crippen LogP contribution in [0, 0.1) is 0 Å². The van der Waals surface area contributed by atoms with Gasteiger partial charge >= 0.3 is 0 Å². The lowest BCUT2D eigenvalue weighted by molar-refractivity contribution is -0.118. The number of para-hydroxylation sites is 1.